The third kappa shape index (κ3) is 10.2. The first-order valence-electron chi connectivity index (χ1n) is 12.7. The molecule has 0 atom stereocenters. The van der Waals surface area contributed by atoms with Crippen LogP contribution in [0.5, 0.6) is 0 Å². The first-order chi connectivity index (χ1) is 20.9. The SMILES string of the molecule is O=S(=O)(O)c1cc(NC(=S)SCc2ccccc2)ccc1C=Cc1ccc(NC(=S)SCc2ccccc2)cc1S(=O)(=O)O. The molecule has 0 aromatic heterocycles. The van der Waals surface area contributed by atoms with Crippen molar-refractivity contribution in [2.45, 2.75) is 21.3 Å². The summed E-state index contributed by atoms with van der Waals surface area (Å²) in [4.78, 5) is -0.829. The van der Waals surface area contributed by atoms with E-state index in [9.17, 15) is 25.9 Å². The Hall–Kier alpha value is -3.08. The van der Waals surface area contributed by atoms with Crippen molar-refractivity contribution < 1.29 is 25.9 Å². The van der Waals surface area contributed by atoms with Crippen LogP contribution in [0.4, 0.5) is 11.4 Å². The molecule has 0 radical (unpaired) electrons. The first kappa shape index (κ1) is 33.8. The van der Waals surface area contributed by atoms with Crippen LogP contribution in [-0.2, 0) is 31.7 Å². The van der Waals surface area contributed by atoms with Crippen molar-refractivity contribution in [2.75, 3.05) is 10.6 Å². The molecule has 4 rings (SSSR count). The molecule has 0 spiro atoms. The van der Waals surface area contributed by atoms with Crippen molar-refractivity contribution in [3.05, 3.63) is 119 Å². The second-order valence-electron chi connectivity index (χ2n) is 9.16. The molecule has 4 aromatic rings. The van der Waals surface area contributed by atoms with E-state index >= 15 is 0 Å². The van der Waals surface area contributed by atoms with E-state index in [1.54, 1.807) is 12.1 Å². The van der Waals surface area contributed by atoms with Gasteiger partial charge in [0, 0.05) is 22.9 Å². The van der Waals surface area contributed by atoms with Crippen molar-refractivity contribution in [1.82, 2.24) is 0 Å². The number of hydrogen-bond donors (Lipinski definition) is 4. The quantitative estimate of drug-likeness (QED) is 0.0737. The van der Waals surface area contributed by atoms with Crippen LogP contribution in [0.2, 0.25) is 0 Å². The smallest absolute Gasteiger partial charge is 0.295 e. The van der Waals surface area contributed by atoms with E-state index in [-0.39, 0.29) is 11.1 Å². The Balaban J connectivity index is 1.51. The Bertz CT molecular complexity index is 1760. The van der Waals surface area contributed by atoms with E-state index < -0.39 is 30.0 Å². The van der Waals surface area contributed by atoms with Crippen LogP contribution in [0.25, 0.3) is 12.2 Å². The molecule has 0 aliphatic rings. The molecular formula is C30H26N2O6S6. The Morgan fingerprint density at radius 3 is 1.32 bits per heavy atom. The standard InChI is InChI=1S/C30H26N2O6S6/c33-43(34,35)27-17-25(31-29(39)41-19-21-7-3-1-4-8-21)15-13-23(27)11-12-24-14-16-26(18-28(24)44(36,37)38)32-30(40)42-20-22-9-5-2-6-10-22/h1-18H,19-20H2,(H,31,39)(H,32,40)(H,33,34,35)(H,36,37,38). The van der Waals surface area contributed by atoms with Gasteiger partial charge in [0.15, 0.2) is 0 Å². The van der Waals surface area contributed by atoms with E-state index in [1.165, 1.54) is 59.9 Å². The molecule has 0 aliphatic carbocycles. The fourth-order valence-corrected chi connectivity index (χ4v) is 7.25. The molecule has 0 heterocycles. The van der Waals surface area contributed by atoms with Crippen LogP contribution in [0.15, 0.2) is 107 Å². The van der Waals surface area contributed by atoms with Gasteiger partial charge >= 0.3 is 0 Å². The molecule has 8 nitrogen and oxygen atoms in total. The van der Waals surface area contributed by atoms with Gasteiger partial charge in [-0.3, -0.25) is 9.11 Å². The number of nitrogens with one attached hydrogen (secondary N) is 2. The molecule has 0 fully saturated rings. The van der Waals surface area contributed by atoms with Crippen LogP contribution in [-0.4, -0.2) is 34.6 Å². The molecule has 44 heavy (non-hydrogen) atoms. The van der Waals surface area contributed by atoms with Crippen LogP contribution in [0.3, 0.4) is 0 Å². The molecule has 4 N–H and O–H groups in total. The molecule has 0 bridgehead atoms. The predicted molar refractivity (Wildman–Crippen MR) is 189 cm³/mol. The molecule has 0 aliphatic heterocycles. The van der Waals surface area contributed by atoms with E-state index in [0.717, 1.165) is 11.1 Å². The predicted octanol–water partition coefficient (Wildman–Crippen LogP) is 7.61. The van der Waals surface area contributed by atoms with Gasteiger partial charge in [0.1, 0.15) is 18.4 Å². The second kappa shape index (κ2) is 15.3. The summed E-state index contributed by atoms with van der Waals surface area (Å²) in [5.74, 6) is 1.22. The van der Waals surface area contributed by atoms with Gasteiger partial charge in [0.25, 0.3) is 20.2 Å². The maximum Gasteiger partial charge on any atom is 0.295 e. The van der Waals surface area contributed by atoms with Gasteiger partial charge in [-0.25, -0.2) is 0 Å². The lowest BCUT2D eigenvalue weighted by molar-refractivity contribution is 0.480. The number of anilines is 2. The molecule has 4 aromatic carbocycles. The highest BCUT2D eigenvalue weighted by Crippen LogP contribution is 2.28. The fraction of sp³-hybridized carbons (Fsp3) is 0.0667. The maximum absolute atomic E-state index is 12.2. The number of rotatable bonds is 10. The van der Waals surface area contributed by atoms with Gasteiger partial charge in [0.05, 0.1) is 0 Å². The molecule has 228 valence electrons. The molecule has 0 saturated heterocycles. The van der Waals surface area contributed by atoms with Crippen LogP contribution < -0.4 is 10.6 Å². The lowest BCUT2D eigenvalue weighted by atomic mass is 10.1. The largest absolute Gasteiger partial charge is 0.341 e. The van der Waals surface area contributed by atoms with E-state index in [4.69, 9.17) is 24.4 Å². The summed E-state index contributed by atoms with van der Waals surface area (Å²) in [7, 11) is -9.34. The minimum absolute atomic E-state index is 0.0860. The average molecular weight is 703 g/mol. The third-order valence-electron chi connectivity index (χ3n) is 5.94. The van der Waals surface area contributed by atoms with Crippen LogP contribution >= 0.6 is 48.0 Å². The molecular weight excluding hydrogens is 677 g/mol. The number of benzene rings is 4. The minimum atomic E-state index is -4.67. The summed E-state index contributed by atoms with van der Waals surface area (Å²) in [6, 6.07) is 27.9. The number of thioether (sulfide) groups is 2. The Morgan fingerprint density at radius 1 is 0.614 bits per heavy atom. The normalized spacial score (nSPS) is 11.8. The topological polar surface area (TPSA) is 133 Å². The van der Waals surface area contributed by atoms with Crippen molar-refractivity contribution in [3.63, 3.8) is 0 Å². The molecule has 0 amide bonds. The zero-order chi connectivity index (χ0) is 31.7. The lowest BCUT2D eigenvalue weighted by Crippen LogP contribution is -2.08. The van der Waals surface area contributed by atoms with Gasteiger partial charge in [-0.05, 0) is 46.5 Å². The highest BCUT2D eigenvalue weighted by Gasteiger charge is 2.18. The Morgan fingerprint density at radius 2 is 0.977 bits per heavy atom. The van der Waals surface area contributed by atoms with E-state index in [1.807, 2.05) is 60.7 Å². The van der Waals surface area contributed by atoms with Crippen LogP contribution in [0.1, 0.15) is 22.3 Å². The number of thiocarbonyl (C=S) groups is 2. The summed E-state index contributed by atoms with van der Waals surface area (Å²) in [6.07, 6.45) is 2.65. The molecule has 14 heteroatoms. The molecule has 0 unspecified atom stereocenters. The monoisotopic (exact) mass is 702 g/mol. The first-order valence-corrected chi connectivity index (χ1v) is 18.4. The second-order valence-corrected chi connectivity index (χ2v) is 15.2. The highest BCUT2D eigenvalue weighted by atomic mass is 32.2. The van der Waals surface area contributed by atoms with Crippen molar-refractivity contribution in [3.8, 4) is 0 Å². The summed E-state index contributed by atoms with van der Waals surface area (Å²) >= 11 is 13.5. The Labute approximate surface area is 275 Å². The fourth-order valence-electron chi connectivity index (χ4n) is 3.88. The zero-order valence-electron chi connectivity index (χ0n) is 22.8. The van der Waals surface area contributed by atoms with E-state index in [0.29, 0.717) is 31.5 Å². The zero-order valence-corrected chi connectivity index (χ0v) is 27.7. The third-order valence-corrected chi connectivity index (χ3v) is 10.4. The van der Waals surface area contributed by atoms with Gasteiger partial charge in [0.2, 0.25) is 0 Å². The molecule has 0 saturated carbocycles. The Kier molecular flexibility index (Phi) is 11.7. The summed E-state index contributed by atoms with van der Waals surface area (Å²) in [6.45, 7) is 0. The summed E-state index contributed by atoms with van der Waals surface area (Å²) in [5, 5.41) is 5.92. The minimum Gasteiger partial charge on any atom is -0.341 e. The average Bonchev–Trinajstić information content (AvgIpc) is 2.99. The lowest BCUT2D eigenvalue weighted by Gasteiger charge is -2.12. The summed E-state index contributed by atoms with van der Waals surface area (Å²) < 4.78 is 69.6. The summed E-state index contributed by atoms with van der Waals surface area (Å²) in [5.41, 5.74) is 2.99. The van der Waals surface area contributed by atoms with Gasteiger partial charge in [-0.15, -0.1) is 0 Å². The van der Waals surface area contributed by atoms with Crippen molar-refractivity contribution in [1.29, 1.82) is 0 Å². The van der Waals surface area contributed by atoms with Gasteiger partial charge in [-0.2, -0.15) is 16.8 Å². The maximum atomic E-state index is 12.2. The number of hydrogen-bond acceptors (Lipinski definition) is 8. The van der Waals surface area contributed by atoms with Gasteiger partial charge in [-0.1, -0.05) is 133 Å². The highest BCUT2D eigenvalue weighted by molar-refractivity contribution is 8.23. The van der Waals surface area contributed by atoms with Crippen molar-refractivity contribution >= 4 is 100 Å². The van der Waals surface area contributed by atoms with Crippen LogP contribution in [0, 0.1) is 0 Å². The van der Waals surface area contributed by atoms with E-state index in [2.05, 4.69) is 10.6 Å². The van der Waals surface area contributed by atoms with Gasteiger partial charge < -0.3 is 10.6 Å². The van der Waals surface area contributed by atoms with Crippen molar-refractivity contribution in [2.24, 2.45) is 0 Å².